The van der Waals surface area contributed by atoms with Gasteiger partial charge in [0, 0.05) is 33.1 Å². The van der Waals surface area contributed by atoms with Crippen LogP contribution in [0.3, 0.4) is 0 Å². The van der Waals surface area contributed by atoms with Gasteiger partial charge in [-0.2, -0.15) is 0 Å². The van der Waals surface area contributed by atoms with Crippen LogP contribution in [0.1, 0.15) is 54.2 Å². The van der Waals surface area contributed by atoms with Crippen molar-refractivity contribution in [2.75, 3.05) is 15.1 Å². The Morgan fingerprint density at radius 3 is 2.12 bits per heavy atom. The van der Waals surface area contributed by atoms with Crippen LogP contribution in [-0.2, 0) is 4.79 Å². The summed E-state index contributed by atoms with van der Waals surface area (Å²) >= 11 is 2.10. The van der Waals surface area contributed by atoms with Gasteiger partial charge in [-0.3, -0.25) is 19.2 Å². The quantitative estimate of drug-likeness (QED) is 0.283. The summed E-state index contributed by atoms with van der Waals surface area (Å²) in [4.78, 5) is 51.7. The number of ketones is 2. The molecule has 0 spiro atoms. The number of hydrogen-bond acceptors (Lipinski definition) is 4. The van der Waals surface area contributed by atoms with E-state index < -0.39 is 5.91 Å². The maximum absolute atomic E-state index is 13.4. The first-order valence-electron chi connectivity index (χ1n) is 10.00. The zero-order valence-corrected chi connectivity index (χ0v) is 19.4. The van der Waals surface area contributed by atoms with Gasteiger partial charge in [-0.15, -0.1) is 0 Å². The lowest BCUT2D eigenvalue weighted by atomic mass is 9.82. The van der Waals surface area contributed by atoms with Gasteiger partial charge in [0.1, 0.15) is 0 Å². The number of nitrogens with one attached hydrogen (secondary N) is 2. The summed E-state index contributed by atoms with van der Waals surface area (Å²) in [5.74, 6) is -1.37. The Labute approximate surface area is 198 Å². The van der Waals surface area contributed by atoms with Crippen molar-refractivity contribution in [1.82, 2.24) is 0 Å². The van der Waals surface area contributed by atoms with Crippen molar-refractivity contribution < 1.29 is 19.2 Å². The predicted octanol–water partition coefficient (Wildman–Crippen LogP) is 4.79. The van der Waals surface area contributed by atoms with E-state index in [1.54, 1.807) is 42.5 Å². The fourth-order valence-corrected chi connectivity index (χ4v) is 4.10. The van der Waals surface area contributed by atoms with Crippen molar-refractivity contribution in [2.45, 2.75) is 13.3 Å². The first-order chi connectivity index (χ1) is 15.4. The SMILES string of the molecule is Cc1ccc(C(=O)Nc2c(NC(=O)CCI)ccc3c2C(=O)c2ccccc2C3=O)cc1. The lowest BCUT2D eigenvalue weighted by Crippen LogP contribution is -2.25. The maximum Gasteiger partial charge on any atom is 0.255 e. The fourth-order valence-electron chi connectivity index (χ4n) is 3.61. The molecule has 4 rings (SSSR count). The maximum atomic E-state index is 13.4. The predicted molar refractivity (Wildman–Crippen MR) is 131 cm³/mol. The molecule has 6 nitrogen and oxygen atoms in total. The van der Waals surface area contributed by atoms with E-state index in [-0.39, 0.29) is 52.0 Å². The lowest BCUT2D eigenvalue weighted by Gasteiger charge is -2.23. The molecule has 3 aromatic carbocycles. The van der Waals surface area contributed by atoms with Crippen LogP contribution < -0.4 is 10.6 Å². The Bertz CT molecular complexity index is 1270. The second-order valence-corrected chi connectivity index (χ2v) is 8.50. The van der Waals surface area contributed by atoms with E-state index in [1.807, 2.05) is 19.1 Å². The van der Waals surface area contributed by atoms with Crippen molar-refractivity contribution in [3.63, 3.8) is 0 Å². The minimum Gasteiger partial charge on any atom is -0.324 e. The van der Waals surface area contributed by atoms with Gasteiger partial charge in [-0.1, -0.05) is 64.6 Å². The Morgan fingerprint density at radius 1 is 0.812 bits per heavy atom. The van der Waals surface area contributed by atoms with E-state index in [4.69, 9.17) is 0 Å². The summed E-state index contributed by atoms with van der Waals surface area (Å²) in [6, 6.07) is 16.6. The molecule has 7 heteroatoms. The number of rotatable bonds is 5. The number of hydrogen-bond donors (Lipinski definition) is 2. The van der Waals surface area contributed by atoms with Gasteiger partial charge >= 0.3 is 0 Å². The number of amides is 2. The van der Waals surface area contributed by atoms with Gasteiger partial charge in [0.25, 0.3) is 5.91 Å². The third-order valence-electron chi connectivity index (χ3n) is 5.24. The van der Waals surface area contributed by atoms with Crippen molar-refractivity contribution in [3.05, 3.63) is 94.0 Å². The molecular formula is C25H19IN2O4. The van der Waals surface area contributed by atoms with E-state index in [0.717, 1.165) is 5.56 Å². The molecule has 2 amide bonds. The van der Waals surface area contributed by atoms with E-state index in [2.05, 4.69) is 33.2 Å². The highest BCUT2D eigenvalue weighted by Crippen LogP contribution is 2.37. The van der Waals surface area contributed by atoms with E-state index in [1.165, 1.54) is 6.07 Å². The van der Waals surface area contributed by atoms with E-state index in [9.17, 15) is 19.2 Å². The molecule has 0 atom stereocenters. The Hall–Kier alpha value is -3.33. The number of aryl methyl sites for hydroxylation is 1. The summed E-state index contributed by atoms with van der Waals surface area (Å²) in [5, 5.41) is 5.54. The standard InChI is InChI=1S/C25H19IN2O4/c1-14-6-8-15(9-7-14)25(32)28-22-19(27-20(29)12-13-26)11-10-18-21(22)24(31)17-5-3-2-4-16(17)23(18)30/h2-11H,12-13H2,1H3,(H,27,29)(H,28,32). The molecule has 1 aliphatic rings. The van der Waals surface area contributed by atoms with Crippen molar-refractivity contribution in [2.24, 2.45) is 0 Å². The molecule has 2 N–H and O–H groups in total. The Kier molecular flexibility index (Phi) is 6.18. The molecule has 160 valence electrons. The van der Waals surface area contributed by atoms with E-state index >= 15 is 0 Å². The third kappa shape index (κ3) is 4.08. The minimum absolute atomic E-state index is 0.0847. The molecule has 0 bridgehead atoms. The molecule has 0 saturated heterocycles. The molecule has 1 aliphatic carbocycles. The van der Waals surface area contributed by atoms with Crippen LogP contribution in [0.15, 0.2) is 60.7 Å². The number of halogens is 1. The van der Waals surface area contributed by atoms with Crippen molar-refractivity contribution in [1.29, 1.82) is 0 Å². The average Bonchev–Trinajstić information content (AvgIpc) is 2.79. The Morgan fingerprint density at radius 2 is 1.47 bits per heavy atom. The topological polar surface area (TPSA) is 92.3 Å². The fraction of sp³-hybridized carbons (Fsp3) is 0.120. The summed E-state index contributed by atoms with van der Waals surface area (Å²) in [7, 11) is 0. The van der Waals surface area contributed by atoms with Gasteiger partial charge in [-0.05, 0) is 31.2 Å². The molecule has 0 fully saturated rings. The van der Waals surface area contributed by atoms with Crippen molar-refractivity contribution >= 4 is 57.3 Å². The van der Waals surface area contributed by atoms with E-state index in [0.29, 0.717) is 15.6 Å². The second-order valence-electron chi connectivity index (χ2n) is 7.42. The van der Waals surface area contributed by atoms with Crippen LogP contribution in [0.5, 0.6) is 0 Å². The zero-order valence-electron chi connectivity index (χ0n) is 17.2. The van der Waals surface area contributed by atoms with Crippen LogP contribution in [-0.4, -0.2) is 27.8 Å². The number of carbonyl (C=O) groups excluding carboxylic acids is 4. The van der Waals surface area contributed by atoms with Gasteiger partial charge in [0.15, 0.2) is 11.6 Å². The molecule has 32 heavy (non-hydrogen) atoms. The highest BCUT2D eigenvalue weighted by molar-refractivity contribution is 14.1. The van der Waals surface area contributed by atoms with Gasteiger partial charge in [0.2, 0.25) is 5.91 Å². The number of benzene rings is 3. The molecule has 0 unspecified atom stereocenters. The zero-order chi connectivity index (χ0) is 22.8. The molecule has 0 aromatic heterocycles. The van der Waals surface area contributed by atoms with Gasteiger partial charge < -0.3 is 10.6 Å². The van der Waals surface area contributed by atoms with Crippen LogP contribution in [0.25, 0.3) is 0 Å². The van der Waals surface area contributed by atoms with Crippen LogP contribution in [0.4, 0.5) is 11.4 Å². The highest BCUT2D eigenvalue weighted by atomic mass is 127. The average molecular weight is 538 g/mol. The van der Waals surface area contributed by atoms with Gasteiger partial charge in [0.05, 0.1) is 16.9 Å². The van der Waals surface area contributed by atoms with Crippen LogP contribution in [0.2, 0.25) is 0 Å². The molecule has 3 aromatic rings. The third-order valence-corrected chi connectivity index (χ3v) is 5.78. The highest BCUT2D eigenvalue weighted by Gasteiger charge is 2.33. The summed E-state index contributed by atoms with van der Waals surface area (Å²) in [6.07, 6.45) is 0.276. The molecule has 0 aliphatic heterocycles. The first-order valence-corrected chi connectivity index (χ1v) is 11.5. The number of fused-ring (bicyclic) bond motifs is 2. The molecular weight excluding hydrogens is 519 g/mol. The molecule has 0 saturated carbocycles. The Balaban J connectivity index is 1.84. The van der Waals surface area contributed by atoms with Crippen LogP contribution >= 0.6 is 22.6 Å². The smallest absolute Gasteiger partial charge is 0.255 e. The molecule has 0 heterocycles. The largest absolute Gasteiger partial charge is 0.324 e. The summed E-state index contributed by atoms with van der Waals surface area (Å²) in [6.45, 7) is 1.91. The monoisotopic (exact) mass is 538 g/mol. The second kappa shape index (κ2) is 9.04. The minimum atomic E-state index is -0.443. The van der Waals surface area contributed by atoms with Gasteiger partial charge in [-0.25, -0.2) is 0 Å². The first kappa shape index (κ1) is 21.9. The summed E-state index contributed by atoms with van der Waals surface area (Å²) < 4.78 is 0.615. The summed E-state index contributed by atoms with van der Waals surface area (Å²) in [5.41, 5.74) is 2.67. The van der Waals surface area contributed by atoms with Crippen LogP contribution in [0, 0.1) is 6.92 Å². The number of alkyl halides is 1. The number of carbonyl (C=O) groups is 4. The number of anilines is 2. The van der Waals surface area contributed by atoms with Crippen molar-refractivity contribution in [3.8, 4) is 0 Å². The normalized spacial score (nSPS) is 12.1. The lowest BCUT2D eigenvalue weighted by molar-refractivity contribution is -0.115. The molecule has 0 radical (unpaired) electrons.